The molecule has 0 saturated carbocycles. The first-order valence-corrected chi connectivity index (χ1v) is 9.17. The molecule has 0 saturated heterocycles. The minimum Gasteiger partial charge on any atom is -0.383 e. The maximum absolute atomic E-state index is 14.1. The highest BCUT2D eigenvalue weighted by Crippen LogP contribution is 2.21. The van der Waals surface area contributed by atoms with Gasteiger partial charge in [0.15, 0.2) is 11.5 Å². The van der Waals surface area contributed by atoms with Crippen molar-refractivity contribution >= 4 is 17.2 Å². The first kappa shape index (κ1) is 17.9. The average Bonchev–Trinajstić information content (AvgIpc) is 3.10. The lowest BCUT2D eigenvalue weighted by Gasteiger charge is -2.12. The third-order valence-electron chi connectivity index (χ3n) is 4.23. The summed E-state index contributed by atoms with van der Waals surface area (Å²) in [7, 11) is 0. The van der Waals surface area contributed by atoms with E-state index >= 15 is 0 Å². The second kappa shape index (κ2) is 7.64. The Kier molecular flexibility index (Phi) is 4.89. The summed E-state index contributed by atoms with van der Waals surface area (Å²) < 4.78 is 15.7. The van der Waals surface area contributed by atoms with Gasteiger partial charge in [0, 0.05) is 18.3 Å². The molecule has 7 heteroatoms. The third kappa shape index (κ3) is 3.78. The summed E-state index contributed by atoms with van der Waals surface area (Å²) in [6.07, 6.45) is 0. The van der Waals surface area contributed by atoms with Gasteiger partial charge in [0.05, 0.1) is 5.56 Å². The fraction of sp³-hybridized carbons (Fsp3) is 0.190. The lowest BCUT2D eigenvalue weighted by atomic mass is 10.2. The van der Waals surface area contributed by atoms with Crippen molar-refractivity contribution in [1.29, 1.82) is 0 Å². The van der Waals surface area contributed by atoms with Gasteiger partial charge in [-0.15, -0.1) is 15.3 Å². The summed E-state index contributed by atoms with van der Waals surface area (Å²) in [5, 5.41) is 19.4. The normalized spacial score (nSPS) is 11.1. The molecule has 0 aliphatic carbocycles. The smallest absolute Gasteiger partial charge is 0.188 e. The Bertz CT molecular complexity index is 1100. The molecule has 0 fully saturated rings. The van der Waals surface area contributed by atoms with E-state index in [-0.39, 0.29) is 5.82 Å². The van der Waals surface area contributed by atoms with Crippen molar-refractivity contribution in [2.24, 2.45) is 0 Å². The van der Waals surface area contributed by atoms with Crippen molar-refractivity contribution in [1.82, 2.24) is 19.8 Å². The van der Waals surface area contributed by atoms with E-state index < -0.39 is 0 Å². The molecule has 4 rings (SSSR count). The van der Waals surface area contributed by atoms with E-state index in [2.05, 4.69) is 51.9 Å². The largest absolute Gasteiger partial charge is 0.383 e. The monoisotopic (exact) mass is 376 g/mol. The highest BCUT2D eigenvalue weighted by atomic mass is 19.1. The zero-order chi connectivity index (χ0) is 19.5. The van der Waals surface area contributed by atoms with Gasteiger partial charge in [-0.05, 0) is 55.8 Å². The molecule has 0 spiro atoms. The first-order chi connectivity index (χ1) is 13.6. The van der Waals surface area contributed by atoms with Gasteiger partial charge in [-0.25, -0.2) is 4.39 Å². The molecule has 0 aliphatic heterocycles. The van der Waals surface area contributed by atoms with Crippen LogP contribution in [-0.2, 0) is 6.54 Å². The zero-order valence-corrected chi connectivity index (χ0v) is 15.7. The first-order valence-electron chi connectivity index (χ1n) is 9.17. The molecule has 2 aromatic carbocycles. The van der Waals surface area contributed by atoms with Gasteiger partial charge in [-0.2, -0.15) is 4.52 Å². The van der Waals surface area contributed by atoms with Crippen LogP contribution in [0.25, 0.3) is 17.0 Å². The number of benzene rings is 2. The number of nitrogens with zero attached hydrogens (tertiary/aromatic N) is 4. The van der Waals surface area contributed by atoms with Crippen LogP contribution in [0.2, 0.25) is 0 Å². The Morgan fingerprint density at radius 3 is 2.68 bits per heavy atom. The van der Waals surface area contributed by atoms with Crippen LogP contribution in [0, 0.1) is 5.82 Å². The summed E-state index contributed by atoms with van der Waals surface area (Å²) in [5.41, 5.74) is 3.14. The van der Waals surface area contributed by atoms with E-state index in [0.29, 0.717) is 35.4 Å². The lowest BCUT2D eigenvalue weighted by molar-refractivity contribution is 0.629. The van der Waals surface area contributed by atoms with E-state index in [1.165, 1.54) is 6.07 Å². The molecule has 2 N–H and O–H groups in total. The molecule has 0 amide bonds. The topological polar surface area (TPSA) is 67.1 Å². The van der Waals surface area contributed by atoms with E-state index in [1.807, 2.05) is 24.3 Å². The van der Waals surface area contributed by atoms with Crippen molar-refractivity contribution in [2.45, 2.75) is 26.4 Å². The summed E-state index contributed by atoms with van der Waals surface area (Å²) in [5.74, 6) is 0.679. The molecule has 0 radical (unpaired) electrons. The van der Waals surface area contributed by atoms with Crippen LogP contribution < -0.4 is 10.6 Å². The maximum atomic E-state index is 14.1. The number of nitrogens with one attached hydrogen (secondary N) is 2. The SMILES string of the molecule is CC(C)Nc1cccc(CNc2ccc3nnc(-c4ccccc4F)n3n2)c1. The number of aromatic nitrogens is 4. The Morgan fingerprint density at radius 1 is 1.00 bits per heavy atom. The Balaban J connectivity index is 1.57. The fourth-order valence-corrected chi connectivity index (χ4v) is 2.99. The predicted octanol–water partition coefficient (Wildman–Crippen LogP) is 4.36. The minimum absolute atomic E-state index is 0.355. The standard InChI is InChI=1S/C21H21FN6/c1-14(2)24-16-7-5-6-15(12-16)13-23-19-10-11-20-25-26-21(28(20)27-19)17-8-3-4-9-18(17)22/h3-12,14,24H,13H2,1-2H3,(H,23,27). The van der Waals surface area contributed by atoms with Crippen LogP contribution in [0.15, 0.2) is 60.7 Å². The lowest BCUT2D eigenvalue weighted by Crippen LogP contribution is -2.10. The molecule has 2 heterocycles. The predicted molar refractivity (Wildman–Crippen MR) is 109 cm³/mol. The summed E-state index contributed by atoms with van der Waals surface area (Å²) in [4.78, 5) is 0. The Morgan fingerprint density at radius 2 is 1.86 bits per heavy atom. The van der Waals surface area contributed by atoms with Gasteiger partial charge >= 0.3 is 0 Å². The molecule has 142 valence electrons. The van der Waals surface area contributed by atoms with E-state index in [9.17, 15) is 4.39 Å². The van der Waals surface area contributed by atoms with Crippen molar-refractivity contribution in [3.05, 3.63) is 72.0 Å². The van der Waals surface area contributed by atoms with Crippen LogP contribution in [0.4, 0.5) is 15.9 Å². The summed E-state index contributed by atoms with van der Waals surface area (Å²) in [6.45, 7) is 4.83. The van der Waals surface area contributed by atoms with Crippen LogP contribution in [-0.4, -0.2) is 25.9 Å². The van der Waals surface area contributed by atoms with Crippen molar-refractivity contribution in [2.75, 3.05) is 10.6 Å². The molecule has 4 aromatic rings. The van der Waals surface area contributed by atoms with Crippen LogP contribution >= 0.6 is 0 Å². The van der Waals surface area contributed by atoms with Gasteiger partial charge in [-0.3, -0.25) is 0 Å². The van der Waals surface area contributed by atoms with Gasteiger partial charge in [0.1, 0.15) is 11.6 Å². The molecular weight excluding hydrogens is 355 g/mol. The van der Waals surface area contributed by atoms with Gasteiger partial charge in [0.2, 0.25) is 0 Å². The van der Waals surface area contributed by atoms with Crippen molar-refractivity contribution in [3.8, 4) is 11.4 Å². The second-order valence-corrected chi connectivity index (χ2v) is 6.84. The van der Waals surface area contributed by atoms with E-state index in [0.717, 1.165) is 11.3 Å². The summed E-state index contributed by atoms with van der Waals surface area (Å²) >= 11 is 0. The van der Waals surface area contributed by atoms with Gasteiger partial charge in [-0.1, -0.05) is 24.3 Å². The minimum atomic E-state index is -0.355. The van der Waals surface area contributed by atoms with Crippen molar-refractivity contribution < 1.29 is 4.39 Å². The zero-order valence-electron chi connectivity index (χ0n) is 15.7. The summed E-state index contributed by atoms with van der Waals surface area (Å²) in [6, 6.07) is 18.7. The molecular formula is C21H21FN6. The second-order valence-electron chi connectivity index (χ2n) is 6.84. The van der Waals surface area contributed by atoms with Gasteiger partial charge in [0.25, 0.3) is 0 Å². The number of anilines is 2. The molecule has 0 atom stereocenters. The van der Waals surface area contributed by atoms with Crippen molar-refractivity contribution in [3.63, 3.8) is 0 Å². The number of rotatable bonds is 6. The van der Waals surface area contributed by atoms with E-state index in [4.69, 9.17) is 0 Å². The maximum Gasteiger partial charge on any atom is 0.188 e. The van der Waals surface area contributed by atoms with Crippen LogP contribution in [0.1, 0.15) is 19.4 Å². The average molecular weight is 376 g/mol. The van der Waals surface area contributed by atoms with Gasteiger partial charge < -0.3 is 10.6 Å². The quantitative estimate of drug-likeness (QED) is 0.523. The van der Waals surface area contributed by atoms with E-state index in [1.54, 1.807) is 22.7 Å². The number of fused-ring (bicyclic) bond motifs is 1. The molecule has 6 nitrogen and oxygen atoms in total. The number of halogens is 1. The fourth-order valence-electron chi connectivity index (χ4n) is 2.99. The number of hydrogen-bond donors (Lipinski definition) is 2. The molecule has 28 heavy (non-hydrogen) atoms. The molecule has 0 aliphatic rings. The number of hydrogen-bond acceptors (Lipinski definition) is 5. The van der Waals surface area contributed by atoms with Crippen LogP contribution in [0.5, 0.6) is 0 Å². The third-order valence-corrected chi connectivity index (χ3v) is 4.23. The highest BCUT2D eigenvalue weighted by Gasteiger charge is 2.13. The Labute approximate surface area is 162 Å². The molecule has 2 aromatic heterocycles. The molecule has 0 unspecified atom stereocenters. The Hall–Kier alpha value is -3.48. The molecule has 0 bridgehead atoms. The van der Waals surface area contributed by atoms with Crippen LogP contribution in [0.3, 0.4) is 0 Å². The highest BCUT2D eigenvalue weighted by molar-refractivity contribution is 5.60.